The van der Waals surface area contributed by atoms with Crippen molar-refractivity contribution < 1.29 is 37.0 Å². The molecule has 4 aliphatic rings. The molecule has 290 valence electrons. The van der Waals surface area contributed by atoms with Crippen molar-refractivity contribution in [1.29, 1.82) is 0 Å². The minimum atomic E-state index is -3.95. The molecule has 3 amide bonds. The third-order valence-electron chi connectivity index (χ3n) is 11.2. The molecule has 2 aromatic heterocycles. The Labute approximate surface area is 320 Å². The first-order chi connectivity index (χ1) is 25.7. The molecular formula is C39H49N5O8S2. The smallest absolute Gasteiger partial charge is 0.259 e. The zero-order valence-corrected chi connectivity index (χ0v) is 33.3. The number of sulfonamides is 1. The van der Waals surface area contributed by atoms with Crippen LogP contribution in [0.4, 0.5) is 0 Å². The highest BCUT2D eigenvalue weighted by molar-refractivity contribution is 7.91. The summed E-state index contributed by atoms with van der Waals surface area (Å²) < 4.78 is 45.8. The molecule has 0 spiro atoms. The van der Waals surface area contributed by atoms with Gasteiger partial charge >= 0.3 is 0 Å². The Hall–Kier alpha value is -4.08. The molecule has 2 aliphatic carbocycles. The highest BCUT2D eigenvalue weighted by atomic mass is 32.2. The van der Waals surface area contributed by atoms with Gasteiger partial charge in [-0.25, -0.2) is 18.4 Å². The van der Waals surface area contributed by atoms with Crippen molar-refractivity contribution >= 4 is 50.0 Å². The van der Waals surface area contributed by atoms with E-state index in [4.69, 9.17) is 24.2 Å². The Morgan fingerprint density at radius 1 is 1.15 bits per heavy atom. The van der Waals surface area contributed by atoms with E-state index in [-0.39, 0.29) is 31.2 Å². The summed E-state index contributed by atoms with van der Waals surface area (Å²) in [6.07, 6.45) is 5.95. The van der Waals surface area contributed by atoms with Crippen LogP contribution >= 0.6 is 11.3 Å². The molecule has 3 fully saturated rings. The molecule has 0 bridgehead atoms. The second-order valence-electron chi connectivity index (χ2n) is 15.6. The van der Waals surface area contributed by atoms with E-state index in [0.717, 1.165) is 35.2 Å². The van der Waals surface area contributed by atoms with Gasteiger partial charge in [0.15, 0.2) is 0 Å². The van der Waals surface area contributed by atoms with E-state index < -0.39 is 56.3 Å². The number of fused-ring (bicyclic) bond motifs is 3. The van der Waals surface area contributed by atoms with Gasteiger partial charge < -0.3 is 24.4 Å². The average Bonchev–Trinajstić information content (AvgIpc) is 3.90. The van der Waals surface area contributed by atoms with Crippen LogP contribution in [0, 0.1) is 12.8 Å². The lowest BCUT2D eigenvalue weighted by Gasteiger charge is -2.28. The van der Waals surface area contributed by atoms with Crippen molar-refractivity contribution in [1.82, 2.24) is 24.9 Å². The molecule has 0 radical (unpaired) electrons. The number of ether oxygens (including phenoxy) is 3. The van der Waals surface area contributed by atoms with Crippen molar-refractivity contribution in [2.45, 2.75) is 114 Å². The number of carbonyl (C=O) groups is 3. The highest BCUT2D eigenvalue weighted by Crippen LogP contribution is 2.47. The predicted octanol–water partition coefficient (Wildman–Crippen LogP) is 5.17. The Balaban J connectivity index is 1.21. The van der Waals surface area contributed by atoms with Gasteiger partial charge in [-0.05, 0) is 71.4 Å². The average molecular weight is 780 g/mol. The SMILES string of the molecule is COc1ccc2c(O[C@@H]3C[C@H]4C(=O)N[C@]5(C(=O)NS(=O)(=O)C6(C)CC6)C[C@H]5/C=C\CCCCO[C@H](C)C(=O)N4C3)cc(-c3csc(C(C)C)n3)nc2c1C. The van der Waals surface area contributed by atoms with Crippen LogP contribution in [-0.4, -0.2) is 89.8 Å². The van der Waals surface area contributed by atoms with Crippen LogP contribution in [0.25, 0.3) is 22.3 Å². The lowest BCUT2D eigenvalue weighted by molar-refractivity contribution is -0.147. The lowest BCUT2D eigenvalue weighted by Crippen LogP contribution is -2.57. The molecule has 2 N–H and O–H groups in total. The first-order valence-electron chi connectivity index (χ1n) is 18.7. The number of methoxy groups -OCH3 is 1. The van der Waals surface area contributed by atoms with Crippen LogP contribution in [0.3, 0.4) is 0 Å². The second-order valence-corrected chi connectivity index (χ2v) is 18.7. The number of rotatable bonds is 8. The number of pyridine rings is 1. The topological polar surface area (TPSA) is 166 Å². The summed E-state index contributed by atoms with van der Waals surface area (Å²) in [6.45, 7) is 9.86. The van der Waals surface area contributed by atoms with Gasteiger partial charge in [-0.2, -0.15) is 0 Å². The fraction of sp³-hybridized carbons (Fsp3) is 0.564. The van der Waals surface area contributed by atoms with Crippen molar-refractivity contribution in [2.24, 2.45) is 5.92 Å². The lowest BCUT2D eigenvalue weighted by atomic mass is 10.1. The van der Waals surface area contributed by atoms with Crippen molar-refractivity contribution in [3.63, 3.8) is 0 Å². The van der Waals surface area contributed by atoms with Gasteiger partial charge in [0, 0.05) is 47.3 Å². The van der Waals surface area contributed by atoms with Crippen LogP contribution in [0.1, 0.15) is 89.1 Å². The first-order valence-corrected chi connectivity index (χ1v) is 21.1. The minimum absolute atomic E-state index is 0.0857. The van der Waals surface area contributed by atoms with Gasteiger partial charge in [-0.1, -0.05) is 26.0 Å². The number of benzene rings is 1. The monoisotopic (exact) mass is 779 g/mol. The maximum absolute atomic E-state index is 14.3. The molecule has 0 unspecified atom stereocenters. The molecule has 2 saturated carbocycles. The molecular weight excluding hydrogens is 731 g/mol. The molecule has 3 aromatic rings. The molecule has 54 heavy (non-hydrogen) atoms. The Kier molecular flexibility index (Phi) is 10.3. The highest BCUT2D eigenvalue weighted by Gasteiger charge is 2.63. The van der Waals surface area contributed by atoms with Gasteiger partial charge in [0.25, 0.3) is 11.8 Å². The summed E-state index contributed by atoms with van der Waals surface area (Å²) in [5.74, 6) is -0.632. The fourth-order valence-electron chi connectivity index (χ4n) is 7.31. The summed E-state index contributed by atoms with van der Waals surface area (Å²) in [6, 6.07) is 4.58. The number of aromatic nitrogens is 2. The number of hydrogen-bond donors (Lipinski definition) is 2. The van der Waals surface area contributed by atoms with Crippen LogP contribution < -0.4 is 19.5 Å². The van der Waals surface area contributed by atoms with Gasteiger partial charge in [-0.3, -0.25) is 19.1 Å². The number of hydrogen-bond acceptors (Lipinski definition) is 11. The zero-order chi connectivity index (χ0) is 38.6. The van der Waals surface area contributed by atoms with E-state index in [9.17, 15) is 22.8 Å². The third-order valence-corrected chi connectivity index (χ3v) is 14.5. The molecule has 2 aliphatic heterocycles. The molecule has 7 rings (SSSR count). The Bertz CT molecular complexity index is 2110. The van der Waals surface area contributed by atoms with Crippen molar-refractivity contribution in [3.8, 4) is 22.9 Å². The number of carbonyl (C=O) groups excluding carboxylic acids is 3. The number of amides is 3. The van der Waals surface area contributed by atoms with Gasteiger partial charge in [0.1, 0.15) is 35.3 Å². The van der Waals surface area contributed by atoms with Crippen LogP contribution in [0.2, 0.25) is 0 Å². The summed E-state index contributed by atoms with van der Waals surface area (Å²) >= 11 is 1.57. The van der Waals surface area contributed by atoms with Crippen molar-refractivity contribution in [3.05, 3.63) is 46.3 Å². The molecule has 5 atom stereocenters. The maximum atomic E-state index is 14.3. The second kappa shape index (κ2) is 14.5. The first kappa shape index (κ1) is 38.2. The molecule has 1 saturated heterocycles. The number of thiazole rings is 1. The summed E-state index contributed by atoms with van der Waals surface area (Å²) in [7, 11) is -2.34. The number of nitrogens with zero attached hydrogens (tertiary/aromatic N) is 3. The molecule has 15 heteroatoms. The number of aryl methyl sites for hydroxylation is 1. The maximum Gasteiger partial charge on any atom is 0.259 e. The quantitative estimate of drug-likeness (QED) is 0.292. The van der Waals surface area contributed by atoms with E-state index in [1.54, 1.807) is 32.3 Å². The third kappa shape index (κ3) is 7.22. The standard InChI is InChI=1S/C39H49N5O8S2/c1-22(2)35-41-29(21-53-35)28-18-32(27-12-13-31(50-6)23(3)33(27)40-28)52-26-17-30-34(45)42-39(37(47)43-54(48,49)38(5)14-15-38)19-25(39)11-9-7-8-10-16-51-24(4)36(46)44(30)20-26/h9,11-13,18,21-22,24-26,30H,7-8,10,14-17,19-20H2,1-6H3,(H,42,45)(H,43,47)/b11-9-/t24-,25-,26-,30+,39-/m1/s1. The molecule has 13 nitrogen and oxygen atoms in total. The van der Waals surface area contributed by atoms with Crippen molar-refractivity contribution in [2.75, 3.05) is 20.3 Å². The number of allylic oxidation sites excluding steroid dienone is 1. The number of nitrogens with one attached hydrogen (secondary N) is 2. The summed E-state index contributed by atoms with van der Waals surface area (Å²) in [5.41, 5.74) is 1.38. The summed E-state index contributed by atoms with van der Waals surface area (Å²) in [4.78, 5) is 53.5. The predicted molar refractivity (Wildman–Crippen MR) is 205 cm³/mol. The minimum Gasteiger partial charge on any atom is -0.496 e. The normalized spacial score (nSPS) is 27.6. The van der Waals surface area contributed by atoms with Crippen LogP contribution in [0.15, 0.2) is 35.7 Å². The molecule has 4 heterocycles. The van der Waals surface area contributed by atoms with E-state index in [1.165, 1.54) is 4.90 Å². The van der Waals surface area contributed by atoms with E-state index in [2.05, 4.69) is 23.9 Å². The summed E-state index contributed by atoms with van der Waals surface area (Å²) in [5, 5.41) is 6.62. The zero-order valence-electron chi connectivity index (χ0n) is 31.6. The fourth-order valence-corrected chi connectivity index (χ4v) is 9.45. The Morgan fingerprint density at radius 3 is 2.63 bits per heavy atom. The molecule has 1 aromatic carbocycles. The van der Waals surface area contributed by atoms with E-state index in [1.807, 2.05) is 42.7 Å². The van der Waals surface area contributed by atoms with Gasteiger partial charge in [0.2, 0.25) is 15.9 Å². The van der Waals surface area contributed by atoms with Crippen LogP contribution in [-0.2, 0) is 29.1 Å². The Morgan fingerprint density at radius 2 is 1.93 bits per heavy atom. The van der Waals surface area contributed by atoms with E-state index >= 15 is 0 Å². The van der Waals surface area contributed by atoms with Gasteiger partial charge in [0.05, 0.1) is 40.3 Å². The van der Waals surface area contributed by atoms with Crippen LogP contribution in [0.5, 0.6) is 11.5 Å². The van der Waals surface area contributed by atoms with E-state index in [0.29, 0.717) is 47.9 Å². The largest absolute Gasteiger partial charge is 0.496 e. The van der Waals surface area contributed by atoms with Gasteiger partial charge in [-0.15, -0.1) is 11.3 Å².